The molecule has 0 aliphatic carbocycles. The molecule has 3 aromatic heterocycles. The fourth-order valence-corrected chi connectivity index (χ4v) is 5.15. The molecule has 148 valence electrons. The van der Waals surface area contributed by atoms with E-state index in [0.717, 1.165) is 11.3 Å². The summed E-state index contributed by atoms with van der Waals surface area (Å²) in [6.45, 7) is 0.206. The lowest BCUT2D eigenvalue weighted by molar-refractivity contribution is 0.0950. The van der Waals surface area contributed by atoms with Crippen molar-refractivity contribution >= 4 is 50.2 Å². The number of rotatable bonds is 6. The van der Waals surface area contributed by atoms with E-state index in [1.807, 2.05) is 24.4 Å². The number of hydrogen-bond acceptors (Lipinski definition) is 6. The van der Waals surface area contributed by atoms with E-state index in [2.05, 4.69) is 20.2 Å². The van der Waals surface area contributed by atoms with E-state index in [1.54, 1.807) is 4.40 Å². The number of nitrogens with zero attached hydrogens (tertiary/aromatic N) is 3. The molecule has 0 aliphatic rings. The summed E-state index contributed by atoms with van der Waals surface area (Å²) in [4.78, 5) is 12.4. The molecule has 8 nitrogen and oxygen atoms in total. The van der Waals surface area contributed by atoms with E-state index in [4.69, 9.17) is 11.6 Å². The summed E-state index contributed by atoms with van der Waals surface area (Å²) in [6, 6.07) is 14.6. The Hall–Kier alpha value is -2.95. The van der Waals surface area contributed by atoms with Gasteiger partial charge in [0.2, 0.25) is 0 Å². The first-order valence-corrected chi connectivity index (χ1v) is 11.1. The number of fused-ring (bicyclic) bond motifs is 1. The van der Waals surface area contributed by atoms with Gasteiger partial charge in [0.05, 0.1) is 10.9 Å². The van der Waals surface area contributed by atoms with Gasteiger partial charge in [0.25, 0.3) is 15.9 Å². The number of pyridine rings is 1. The number of carbonyl (C=O) groups excluding carboxylic acids is 1. The molecular formula is C18H14ClN5O3S2. The number of benzene rings is 1. The summed E-state index contributed by atoms with van der Waals surface area (Å²) in [5.41, 5.74) is 1.43. The lowest BCUT2D eigenvalue weighted by atomic mass is 10.2. The van der Waals surface area contributed by atoms with Crippen LogP contribution < -0.4 is 10.0 Å². The average Bonchev–Trinajstić information content (AvgIpc) is 3.33. The van der Waals surface area contributed by atoms with Gasteiger partial charge in [-0.15, -0.1) is 21.5 Å². The minimum absolute atomic E-state index is 0.116. The third kappa shape index (κ3) is 4.24. The second kappa shape index (κ2) is 7.82. The number of sulfonamides is 1. The average molecular weight is 448 g/mol. The second-order valence-corrected chi connectivity index (χ2v) is 9.59. The molecule has 0 saturated heterocycles. The Balaban J connectivity index is 1.41. The van der Waals surface area contributed by atoms with E-state index >= 15 is 0 Å². The SMILES string of the molecule is O=C(NCc1nnc2ccccn12)c1ccc(NS(=O)(=O)c2ccc(Cl)s2)cc1. The van der Waals surface area contributed by atoms with Crippen LogP contribution in [0.15, 0.2) is 65.0 Å². The van der Waals surface area contributed by atoms with Crippen LogP contribution in [-0.4, -0.2) is 28.9 Å². The van der Waals surface area contributed by atoms with E-state index in [-0.39, 0.29) is 16.7 Å². The van der Waals surface area contributed by atoms with Crippen LogP contribution in [0.3, 0.4) is 0 Å². The monoisotopic (exact) mass is 447 g/mol. The van der Waals surface area contributed by atoms with Crippen molar-refractivity contribution in [3.63, 3.8) is 0 Å². The normalized spacial score (nSPS) is 11.5. The third-order valence-corrected chi connectivity index (χ3v) is 7.11. The van der Waals surface area contributed by atoms with Crippen LogP contribution in [0.2, 0.25) is 4.34 Å². The van der Waals surface area contributed by atoms with Gasteiger partial charge >= 0.3 is 0 Å². The van der Waals surface area contributed by atoms with E-state index in [9.17, 15) is 13.2 Å². The highest BCUT2D eigenvalue weighted by molar-refractivity contribution is 7.94. The molecule has 0 bridgehead atoms. The van der Waals surface area contributed by atoms with Crippen molar-refractivity contribution in [2.45, 2.75) is 10.8 Å². The van der Waals surface area contributed by atoms with Gasteiger partial charge in [-0.3, -0.25) is 13.9 Å². The molecule has 1 amide bonds. The second-order valence-electron chi connectivity index (χ2n) is 5.97. The number of halogens is 1. The molecular weight excluding hydrogens is 434 g/mol. The van der Waals surface area contributed by atoms with E-state index in [1.165, 1.54) is 36.4 Å². The number of thiophene rings is 1. The van der Waals surface area contributed by atoms with Gasteiger partial charge in [-0.2, -0.15) is 0 Å². The van der Waals surface area contributed by atoms with Gasteiger partial charge < -0.3 is 5.32 Å². The number of anilines is 1. The number of hydrogen-bond donors (Lipinski definition) is 2. The van der Waals surface area contributed by atoms with Crippen molar-refractivity contribution in [3.8, 4) is 0 Å². The highest BCUT2D eigenvalue weighted by Gasteiger charge is 2.17. The Kier molecular flexibility index (Phi) is 5.22. The lowest BCUT2D eigenvalue weighted by Gasteiger charge is -2.08. The summed E-state index contributed by atoms with van der Waals surface area (Å²) in [6.07, 6.45) is 1.82. The molecule has 0 aliphatic heterocycles. The van der Waals surface area contributed by atoms with Crippen molar-refractivity contribution in [2.75, 3.05) is 4.72 Å². The van der Waals surface area contributed by atoms with Crippen molar-refractivity contribution in [2.24, 2.45) is 0 Å². The van der Waals surface area contributed by atoms with Crippen LogP contribution in [0, 0.1) is 0 Å². The highest BCUT2D eigenvalue weighted by atomic mass is 35.5. The minimum Gasteiger partial charge on any atom is -0.345 e. The van der Waals surface area contributed by atoms with Crippen molar-refractivity contribution in [1.29, 1.82) is 0 Å². The van der Waals surface area contributed by atoms with Crippen LogP contribution in [0.25, 0.3) is 5.65 Å². The molecule has 0 saturated carbocycles. The van der Waals surface area contributed by atoms with Crippen LogP contribution in [0.4, 0.5) is 5.69 Å². The molecule has 0 unspecified atom stereocenters. The smallest absolute Gasteiger partial charge is 0.271 e. The molecule has 2 N–H and O–H groups in total. The van der Waals surface area contributed by atoms with Gasteiger partial charge in [0.1, 0.15) is 4.21 Å². The Morgan fingerprint density at radius 1 is 1.07 bits per heavy atom. The Morgan fingerprint density at radius 3 is 2.59 bits per heavy atom. The minimum atomic E-state index is -3.72. The van der Waals surface area contributed by atoms with Gasteiger partial charge in [0, 0.05) is 17.4 Å². The molecule has 29 heavy (non-hydrogen) atoms. The Bertz CT molecular complexity index is 1280. The zero-order chi connectivity index (χ0) is 20.4. The Labute approximate surface area is 175 Å². The van der Waals surface area contributed by atoms with Crippen LogP contribution in [0.1, 0.15) is 16.2 Å². The first kappa shape index (κ1) is 19.4. The molecule has 4 rings (SSSR count). The number of aromatic nitrogens is 3. The number of amides is 1. The van der Waals surface area contributed by atoms with Gasteiger partial charge in [-0.25, -0.2) is 8.42 Å². The maximum Gasteiger partial charge on any atom is 0.271 e. The zero-order valence-electron chi connectivity index (χ0n) is 14.7. The molecule has 0 fully saturated rings. The number of carbonyl (C=O) groups is 1. The number of nitrogens with one attached hydrogen (secondary N) is 2. The summed E-state index contributed by atoms with van der Waals surface area (Å²) in [5, 5.41) is 10.9. The standard InChI is InChI=1S/C18H14ClN5O3S2/c19-14-8-9-17(28-14)29(26,27)23-13-6-4-12(5-7-13)18(25)20-11-16-22-21-15-3-1-2-10-24(15)16/h1-10,23H,11H2,(H,20,25). The van der Waals surface area contributed by atoms with Crippen LogP contribution in [0.5, 0.6) is 0 Å². The highest BCUT2D eigenvalue weighted by Crippen LogP contribution is 2.27. The topological polar surface area (TPSA) is 105 Å². The van der Waals surface area contributed by atoms with E-state index < -0.39 is 10.0 Å². The van der Waals surface area contributed by atoms with Crippen molar-refractivity contribution in [3.05, 3.63) is 76.5 Å². The predicted molar refractivity (Wildman–Crippen MR) is 111 cm³/mol. The summed E-state index contributed by atoms with van der Waals surface area (Å²) >= 11 is 6.76. The first-order chi connectivity index (χ1) is 13.9. The molecule has 0 spiro atoms. The van der Waals surface area contributed by atoms with Crippen molar-refractivity contribution < 1.29 is 13.2 Å². The van der Waals surface area contributed by atoms with Crippen LogP contribution in [-0.2, 0) is 16.6 Å². The molecule has 3 heterocycles. The summed E-state index contributed by atoms with van der Waals surface area (Å²) in [5.74, 6) is 0.296. The Morgan fingerprint density at radius 2 is 1.86 bits per heavy atom. The van der Waals surface area contributed by atoms with Gasteiger partial charge in [-0.05, 0) is 48.5 Å². The molecule has 1 aromatic carbocycles. The quantitative estimate of drug-likeness (QED) is 0.472. The lowest BCUT2D eigenvalue weighted by Crippen LogP contribution is -2.24. The van der Waals surface area contributed by atoms with Gasteiger partial charge in [0.15, 0.2) is 11.5 Å². The fourth-order valence-electron chi connectivity index (χ4n) is 2.61. The zero-order valence-corrected chi connectivity index (χ0v) is 17.1. The summed E-state index contributed by atoms with van der Waals surface area (Å²) < 4.78 is 29.4. The van der Waals surface area contributed by atoms with Gasteiger partial charge in [-0.1, -0.05) is 17.7 Å². The largest absolute Gasteiger partial charge is 0.345 e. The van der Waals surface area contributed by atoms with Crippen LogP contribution >= 0.6 is 22.9 Å². The maximum absolute atomic E-state index is 12.4. The molecule has 4 aromatic rings. The molecule has 0 radical (unpaired) electrons. The fraction of sp³-hybridized carbons (Fsp3) is 0.0556. The summed E-state index contributed by atoms with van der Waals surface area (Å²) in [7, 11) is -3.72. The third-order valence-electron chi connectivity index (χ3n) is 4.00. The molecule has 11 heteroatoms. The van der Waals surface area contributed by atoms with E-state index in [0.29, 0.717) is 27.1 Å². The predicted octanol–water partition coefficient (Wildman–Crippen LogP) is 3.18. The van der Waals surface area contributed by atoms with Crippen molar-refractivity contribution in [1.82, 2.24) is 19.9 Å². The molecule has 0 atom stereocenters. The maximum atomic E-state index is 12.4. The first-order valence-electron chi connectivity index (χ1n) is 8.37.